The molecular formula is C26H22N4O4S. The van der Waals surface area contributed by atoms with Crippen molar-refractivity contribution in [3.63, 3.8) is 0 Å². The Bertz CT molecular complexity index is 1490. The van der Waals surface area contributed by atoms with Gasteiger partial charge < -0.3 is 13.8 Å². The lowest BCUT2D eigenvalue weighted by atomic mass is 10.1. The Morgan fingerprint density at radius 1 is 0.971 bits per heavy atom. The second-order valence-corrected chi connectivity index (χ2v) is 8.84. The Morgan fingerprint density at radius 2 is 1.80 bits per heavy atom. The number of ether oxygens (including phenoxy) is 1. The molecule has 0 saturated carbocycles. The van der Waals surface area contributed by atoms with Crippen molar-refractivity contribution in [3.05, 3.63) is 99.5 Å². The number of aryl methyl sites for hydroxylation is 3. The summed E-state index contributed by atoms with van der Waals surface area (Å²) < 4.78 is 12.2. The van der Waals surface area contributed by atoms with E-state index >= 15 is 0 Å². The van der Waals surface area contributed by atoms with Gasteiger partial charge in [0.05, 0.1) is 22.3 Å². The molecule has 0 aliphatic carbocycles. The van der Waals surface area contributed by atoms with E-state index in [1.165, 1.54) is 11.3 Å². The molecule has 0 unspecified atom stereocenters. The lowest BCUT2D eigenvalue weighted by Gasteiger charge is -2.12. The number of hydrogen-bond donors (Lipinski definition) is 0. The highest BCUT2D eigenvalue weighted by molar-refractivity contribution is 7.13. The number of para-hydroxylation sites is 2. The molecule has 5 rings (SSSR count). The zero-order valence-electron chi connectivity index (χ0n) is 18.8. The van der Waals surface area contributed by atoms with Crippen LogP contribution in [0.25, 0.3) is 21.8 Å². The van der Waals surface area contributed by atoms with E-state index in [1.807, 2.05) is 72.1 Å². The predicted molar refractivity (Wildman–Crippen MR) is 132 cm³/mol. The number of benzene rings is 2. The quantitative estimate of drug-likeness (QED) is 0.284. The SMILES string of the molecule is O=C(CCc1nc2ccccc2n(CCc2ccccc2)c1=O)OCc1noc(-c2cccs2)n1. The Hall–Kier alpha value is -4.11. The summed E-state index contributed by atoms with van der Waals surface area (Å²) in [4.78, 5) is 35.2. The van der Waals surface area contributed by atoms with E-state index in [4.69, 9.17) is 9.26 Å². The van der Waals surface area contributed by atoms with Crippen molar-refractivity contribution < 1.29 is 14.1 Å². The van der Waals surface area contributed by atoms with Crippen LogP contribution < -0.4 is 5.56 Å². The molecule has 0 saturated heterocycles. The van der Waals surface area contributed by atoms with E-state index in [0.717, 1.165) is 21.5 Å². The van der Waals surface area contributed by atoms with Crippen LogP contribution in [0, 0.1) is 0 Å². The molecule has 0 aliphatic rings. The average molecular weight is 487 g/mol. The maximum absolute atomic E-state index is 13.2. The van der Waals surface area contributed by atoms with Gasteiger partial charge in [-0.15, -0.1) is 11.3 Å². The first kappa shape index (κ1) is 22.7. The van der Waals surface area contributed by atoms with E-state index in [9.17, 15) is 9.59 Å². The summed E-state index contributed by atoms with van der Waals surface area (Å²) in [6.07, 6.45) is 0.920. The molecule has 3 aromatic heterocycles. The van der Waals surface area contributed by atoms with Gasteiger partial charge in [0, 0.05) is 13.0 Å². The largest absolute Gasteiger partial charge is 0.457 e. The van der Waals surface area contributed by atoms with Gasteiger partial charge in [-0.3, -0.25) is 9.59 Å². The van der Waals surface area contributed by atoms with E-state index in [0.29, 0.717) is 24.6 Å². The molecule has 8 nitrogen and oxygen atoms in total. The molecular weight excluding hydrogens is 464 g/mol. The van der Waals surface area contributed by atoms with E-state index in [1.54, 1.807) is 4.57 Å². The molecule has 9 heteroatoms. The topological polar surface area (TPSA) is 100 Å². The number of rotatable bonds is 9. The molecule has 0 atom stereocenters. The number of fused-ring (bicyclic) bond motifs is 1. The Kier molecular flexibility index (Phi) is 6.76. The third-order valence-electron chi connectivity index (χ3n) is 5.52. The van der Waals surface area contributed by atoms with Gasteiger partial charge in [0.25, 0.3) is 11.4 Å². The van der Waals surface area contributed by atoms with Crippen molar-refractivity contribution in [1.29, 1.82) is 0 Å². The predicted octanol–water partition coefficient (Wildman–Crippen LogP) is 4.43. The van der Waals surface area contributed by atoms with E-state index < -0.39 is 5.97 Å². The van der Waals surface area contributed by atoms with Crippen molar-refractivity contribution in [3.8, 4) is 10.8 Å². The molecule has 0 spiro atoms. The number of carbonyl (C=O) groups excluding carboxylic acids is 1. The lowest BCUT2D eigenvalue weighted by molar-refractivity contribution is -0.145. The van der Waals surface area contributed by atoms with Crippen molar-refractivity contribution in [1.82, 2.24) is 19.7 Å². The number of nitrogens with zero attached hydrogens (tertiary/aromatic N) is 4. The number of thiophene rings is 1. The third kappa shape index (κ3) is 5.36. The number of hydrogen-bond acceptors (Lipinski definition) is 8. The summed E-state index contributed by atoms with van der Waals surface area (Å²) in [5, 5.41) is 5.76. The first-order chi connectivity index (χ1) is 17.2. The molecule has 2 aromatic carbocycles. The van der Waals surface area contributed by atoms with Gasteiger partial charge in [0.1, 0.15) is 5.69 Å². The Morgan fingerprint density at radius 3 is 2.63 bits per heavy atom. The molecule has 176 valence electrons. The summed E-state index contributed by atoms with van der Waals surface area (Å²) in [5.41, 5.74) is 2.79. The van der Waals surface area contributed by atoms with Crippen LogP contribution in [0.3, 0.4) is 0 Å². The van der Waals surface area contributed by atoms with Crippen LogP contribution >= 0.6 is 11.3 Å². The zero-order valence-corrected chi connectivity index (χ0v) is 19.6. The van der Waals surface area contributed by atoms with Gasteiger partial charge in [-0.05, 0) is 35.6 Å². The second kappa shape index (κ2) is 10.4. The highest BCUT2D eigenvalue weighted by Crippen LogP contribution is 2.22. The van der Waals surface area contributed by atoms with Crippen LogP contribution in [0.15, 0.2) is 81.4 Å². The smallest absolute Gasteiger partial charge is 0.306 e. The third-order valence-corrected chi connectivity index (χ3v) is 6.37. The molecule has 3 heterocycles. The van der Waals surface area contributed by atoms with Gasteiger partial charge in [-0.25, -0.2) is 4.98 Å². The van der Waals surface area contributed by atoms with Crippen LogP contribution in [0.4, 0.5) is 0 Å². The van der Waals surface area contributed by atoms with Crippen molar-refractivity contribution in [2.45, 2.75) is 32.4 Å². The summed E-state index contributed by atoms with van der Waals surface area (Å²) in [7, 11) is 0. The fourth-order valence-corrected chi connectivity index (χ4v) is 4.41. The lowest BCUT2D eigenvalue weighted by Crippen LogP contribution is -2.27. The van der Waals surface area contributed by atoms with Crippen LogP contribution in [-0.4, -0.2) is 25.7 Å². The molecule has 0 aliphatic heterocycles. The summed E-state index contributed by atoms with van der Waals surface area (Å²) >= 11 is 1.48. The fraction of sp³-hybridized carbons (Fsp3) is 0.192. The number of esters is 1. The molecule has 0 fully saturated rings. The summed E-state index contributed by atoms with van der Waals surface area (Å²) in [6.45, 7) is 0.424. The Labute approximate surface area is 204 Å². The molecule has 0 N–H and O–H groups in total. The summed E-state index contributed by atoms with van der Waals surface area (Å²) in [5.74, 6) is 0.217. The van der Waals surface area contributed by atoms with Crippen molar-refractivity contribution in [2.75, 3.05) is 0 Å². The molecule has 5 aromatic rings. The van der Waals surface area contributed by atoms with Crippen molar-refractivity contribution in [2.24, 2.45) is 0 Å². The standard InChI is InChI=1S/C26H22N4O4S/c31-24(33-17-23-28-25(34-29-23)22-11-6-16-35-22)13-12-20-26(32)30(15-14-18-7-2-1-3-8-18)21-10-5-4-9-19(21)27-20/h1-11,16H,12-15,17H2. The minimum absolute atomic E-state index is 0.0227. The maximum Gasteiger partial charge on any atom is 0.306 e. The number of aromatic nitrogens is 4. The van der Waals surface area contributed by atoms with Crippen LogP contribution in [0.5, 0.6) is 0 Å². The van der Waals surface area contributed by atoms with Gasteiger partial charge in [-0.1, -0.05) is 53.7 Å². The fourth-order valence-electron chi connectivity index (χ4n) is 3.77. The number of carbonyl (C=O) groups is 1. The molecule has 0 radical (unpaired) electrons. The van der Waals surface area contributed by atoms with E-state index in [-0.39, 0.29) is 30.8 Å². The van der Waals surface area contributed by atoms with Gasteiger partial charge in [0.15, 0.2) is 6.61 Å². The van der Waals surface area contributed by atoms with Gasteiger partial charge in [0.2, 0.25) is 5.82 Å². The first-order valence-corrected chi connectivity index (χ1v) is 12.1. The van der Waals surface area contributed by atoms with Gasteiger partial charge in [-0.2, -0.15) is 4.98 Å². The molecule has 0 amide bonds. The maximum atomic E-state index is 13.2. The highest BCUT2D eigenvalue weighted by Gasteiger charge is 2.15. The molecule has 35 heavy (non-hydrogen) atoms. The zero-order chi connectivity index (χ0) is 24.0. The molecule has 0 bridgehead atoms. The highest BCUT2D eigenvalue weighted by atomic mass is 32.1. The van der Waals surface area contributed by atoms with Crippen LogP contribution in [-0.2, 0) is 35.5 Å². The normalized spacial score (nSPS) is 11.1. The first-order valence-electron chi connectivity index (χ1n) is 11.2. The minimum Gasteiger partial charge on any atom is -0.457 e. The monoisotopic (exact) mass is 486 g/mol. The average Bonchev–Trinajstić information content (AvgIpc) is 3.59. The second-order valence-electron chi connectivity index (χ2n) is 7.89. The van der Waals surface area contributed by atoms with Gasteiger partial charge >= 0.3 is 5.97 Å². The van der Waals surface area contributed by atoms with Crippen LogP contribution in [0.2, 0.25) is 0 Å². The van der Waals surface area contributed by atoms with Crippen molar-refractivity contribution >= 4 is 28.3 Å². The van der Waals surface area contributed by atoms with Crippen LogP contribution in [0.1, 0.15) is 23.5 Å². The minimum atomic E-state index is -0.460. The van der Waals surface area contributed by atoms with E-state index in [2.05, 4.69) is 15.1 Å². The Balaban J connectivity index is 1.25. The summed E-state index contributed by atoms with van der Waals surface area (Å²) in [6, 6.07) is 21.3.